The first kappa shape index (κ1) is 34.6. The molecule has 46 heavy (non-hydrogen) atoms. The van der Waals surface area contributed by atoms with E-state index >= 15 is 0 Å². The summed E-state index contributed by atoms with van der Waals surface area (Å²) >= 11 is 0. The highest BCUT2D eigenvalue weighted by Gasteiger charge is 2.34. The number of rotatable bonds is 14. The lowest BCUT2D eigenvalue weighted by Crippen LogP contribution is -2.53. The van der Waals surface area contributed by atoms with Gasteiger partial charge in [0.15, 0.2) is 11.5 Å². The first-order chi connectivity index (χ1) is 22.1. The van der Waals surface area contributed by atoms with Crippen molar-refractivity contribution in [3.05, 3.63) is 77.9 Å². The van der Waals surface area contributed by atoms with Crippen LogP contribution in [0.4, 0.5) is 5.69 Å². The summed E-state index contributed by atoms with van der Waals surface area (Å²) in [6.45, 7) is 5.53. The number of ether oxygens (including phenoxy) is 3. The molecule has 1 fully saturated rings. The van der Waals surface area contributed by atoms with Crippen molar-refractivity contribution in [1.29, 1.82) is 0 Å². The van der Waals surface area contributed by atoms with Crippen molar-refractivity contribution in [3.63, 3.8) is 0 Å². The molecule has 1 aliphatic carbocycles. The second-order valence-electron chi connectivity index (χ2n) is 11.4. The number of aryl methyl sites for hydroxylation is 1. The van der Waals surface area contributed by atoms with E-state index in [1.807, 2.05) is 38.1 Å². The molecule has 10 nitrogen and oxygen atoms in total. The highest BCUT2D eigenvalue weighted by molar-refractivity contribution is 7.92. The van der Waals surface area contributed by atoms with Crippen molar-refractivity contribution >= 4 is 27.5 Å². The molecule has 1 atom stereocenters. The van der Waals surface area contributed by atoms with Gasteiger partial charge in [0, 0.05) is 18.7 Å². The van der Waals surface area contributed by atoms with E-state index < -0.39 is 28.5 Å². The zero-order valence-corrected chi connectivity index (χ0v) is 28.1. The topological polar surface area (TPSA) is 114 Å². The van der Waals surface area contributed by atoms with Crippen LogP contribution in [0.15, 0.2) is 71.6 Å². The van der Waals surface area contributed by atoms with Gasteiger partial charge in [-0.2, -0.15) is 0 Å². The van der Waals surface area contributed by atoms with Crippen molar-refractivity contribution in [2.75, 3.05) is 31.7 Å². The number of methoxy groups -OCH3 is 2. The monoisotopic (exact) mass is 651 g/mol. The van der Waals surface area contributed by atoms with Gasteiger partial charge in [-0.15, -0.1) is 0 Å². The quantitative estimate of drug-likeness (QED) is 0.246. The number of carbonyl (C=O) groups is 2. The second-order valence-corrected chi connectivity index (χ2v) is 13.3. The van der Waals surface area contributed by atoms with Crippen LogP contribution in [0.3, 0.4) is 0 Å². The summed E-state index contributed by atoms with van der Waals surface area (Å²) in [6.07, 6.45) is 5.06. The lowest BCUT2D eigenvalue weighted by atomic mass is 9.95. The molecular formula is C35H45N3O7S. The van der Waals surface area contributed by atoms with Crippen LogP contribution in [0.2, 0.25) is 0 Å². The Hall–Kier alpha value is -4.25. The molecule has 0 heterocycles. The van der Waals surface area contributed by atoms with Crippen LogP contribution in [0.25, 0.3) is 0 Å². The van der Waals surface area contributed by atoms with Crippen LogP contribution in [-0.4, -0.2) is 64.6 Å². The molecule has 0 saturated heterocycles. The Bertz CT molecular complexity index is 1590. The van der Waals surface area contributed by atoms with Gasteiger partial charge in [-0.3, -0.25) is 13.9 Å². The first-order valence-corrected chi connectivity index (χ1v) is 17.1. The summed E-state index contributed by atoms with van der Waals surface area (Å²) in [5, 5.41) is 3.13. The highest BCUT2D eigenvalue weighted by atomic mass is 32.2. The fourth-order valence-electron chi connectivity index (χ4n) is 5.63. The predicted octanol–water partition coefficient (Wildman–Crippen LogP) is 5.47. The fraction of sp³-hybridized carbons (Fsp3) is 0.429. The fourth-order valence-corrected chi connectivity index (χ4v) is 7.06. The highest BCUT2D eigenvalue weighted by Crippen LogP contribution is 2.33. The molecule has 0 spiro atoms. The molecule has 248 valence electrons. The molecule has 4 rings (SSSR count). The van der Waals surface area contributed by atoms with E-state index in [0.717, 1.165) is 47.5 Å². The molecule has 11 heteroatoms. The zero-order valence-electron chi connectivity index (χ0n) is 27.3. The summed E-state index contributed by atoms with van der Waals surface area (Å²) in [6, 6.07) is 17.7. The summed E-state index contributed by atoms with van der Waals surface area (Å²) in [5.74, 6) is 0.384. The van der Waals surface area contributed by atoms with E-state index in [1.165, 1.54) is 37.3 Å². The number of anilines is 1. The molecule has 0 aliphatic heterocycles. The maximum Gasteiger partial charge on any atom is 0.264 e. The van der Waals surface area contributed by atoms with Gasteiger partial charge in [-0.05, 0) is 81.1 Å². The van der Waals surface area contributed by atoms with Crippen LogP contribution < -0.4 is 23.8 Å². The number of hydrogen-bond acceptors (Lipinski definition) is 7. The van der Waals surface area contributed by atoms with Gasteiger partial charge >= 0.3 is 0 Å². The van der Waals surface area contributed by atoms with Crippen molar-refractivity contribution < 1.29 is 32.2 Å². The van der Waals surface area contributed by atoms with E-state index in [9.17, 15) is 18.0 Å². The van der Waals surface area contributed by atoms with Gasteiger partial charge in [-0.25, -0.2) is 8.42 Å². The minimum Gasteiger partial charge on any atom is -0.494 e. The largest absolute Gasteiger partial charge is 0.494 e. The van der Waals surface area contributed by atoms with Crippen LogP contribution in [-0.2, 0) is 26.2 Å². The summed E-state index contributed by atoms with van der Waals surface area (Å²) < 4.78 is 45.9. The minimum absolute atomic E-state index is 0.0601. The zero-order chi connectivity index (χ0) is 33.3. The number of sulfonamides is 1. The average molecular weight is 652 g/mol. The predicted molar refractivity (Wildman–Crippen MR) is 178 cm³/mol. The summed E-state index contributed by atoms with van der Waals surface area (Å²) in [5.41, 5.74) is 2.09. The van der Waals surface area contributed by atoms with Crippen LogP contribution in [0, 0.1) is 6.92 Å². The van der Waals surface area contributed by atoms with Crippen LogP contribution >= 0.6 is 0 Å². The molecule has 0 aromatic heterocycles. The molecule has 0 unspecified atom stereocenters. The maximum atomic E-state index is 14.3. The molecule has 0 bridgehead atoms. The first-order valence-electron chi connectivity index (χ1n) is 15.7. The Morgan fingerprint density at radius 2 is 1.61 bits per heavy atom. The van der Waals surface area contributed by atoms with Crippen molar-refractivity contribution in [2.24, 2.45) is 0 Å². The van der Waals surface area contributed by atoms with E-state index in [0.29, 0.717) is 18.1 Å². The number of amides is 2. The average Bonchev–Trinajstić information content (AvgIpc) is 3.07. The van der Waals surface area contributed by atoms with Crippen molar-refractivity contribution in [3.8, 4) is 17.2 Å². The molecular weight excluding hydrogens is 606 g/mol. The van der Waals surface area contributed by atoms with Gasteiger partial charge in [-0.1, -0.05) is 43.5 Å². The minimum atomic E-state index is -4.31. The molecule has 3 aromatic rings. The van der Waals surface area contributed by atoms with Gasteiger partial charge in [0.2, 0.25) is 11.8 Å². The number of carbonyl (C=O) groups excluding carboxylic acids is 2. The van der Waals surface area contributed by atoms with E-state index in [2.05, 4.69) is 5.32 Å². The smallest absolute Gasteiger partial charge is 0.264 e. The Morgan fingerprint density at radius 3 is 2.24 bits per heavy atom. The molecule has 1 saturated carbocycles. The van der Waals surface area contributed by atoms with Crippen molar-refractivity contribution in [1.82, 2.24) is 10.2 Å². The Balaban J connectivity index is 1.72. The molecule has 1 N–H and O–H groups in total. The second kappa shape index (κ2) is 15.8. The van der Waals surface area contributed by atoms with Crippen LogP contribution in [0.5, 0.6) is 17.2 Å². The standard InChI is InChI=1S/C35H45N3O7S/c1-6-45-30-18-16-29(17-19-30)38(46(41,42)31-20-21-32(43-4)33(22-31)44-5)24-34(39)37(23-27-13-11-10-12-25(27)2)26(3)35(40)36-28-14-8-7-9-15-28/h10-13,16-22,26,28H,6-9,14-15,23-24H2,1-5H3,(H,36,40)/t26-/m0/s1. The van der Waals surface area contributed by atoms with E-state index in [-0.39, 0.29) is 34.8 Å². The Labute approximate surface area is 272 Å². The third kappa shape index (κ3) is 8.31. The summed E-state index contributed by atoms with van der Waals surface area (Å²) in [7, 11) is -1.42. The lowest BCUT2D eigenvalue weighted by Gasteiger charge is -2.33. The molecule has 0 radical (unpaired) electrons. The van der Waals surface area contributed by atoms with Gasteiger partial charge in [0.1, 0.15) is 18.3 Å². The lowest BCUT2D eigenvalue weighted by molar-refractivity contribution is -0.139. The summed E-state index contributed by atoms with van der Waals surface area (Å²) in [4.78, 5) is 29.3. The molecule has 2 amide bonds. The third-order valence-electron chi connectivity index (χ3n) is 8.38. The SMILES string of the molecule is CCOc1ccc(N(CC(=O)N(Cc2ccccc2C)[C@@H](C)C(=O)NC2CCCCC2)S(=O)(=O)c2ccc(OC)c(OC)c2)cc1. The van der Waals surface area contributed by atoms with Gasteiger partial charge in [0.05, 0.1) is 31.4 Å². The molecule has 3 aromatic carbocycles. The van der Waals surface area contributed by atoms with Gasteiger partial charge in [0.25, 0.3) is 10.0 Å². The van der Waals surface area contributed by atoms with E-state index in [1.54, 1.807) is 31.2 Å². The Morgan fingerprint density at radius 1 is 0.935 bits per heavy atom. The third-order valence-corrected chi connectivity index (χ3v) is 10.1. The normalized spacial score (nSPS) is 14.2. The number of nitrogens with one attached hydrogen (secondary N) is 1. The van der Waals surface area contributed by atoms with Crippen LogP contribution in [0.1, 0.15) is 57.1 Å². The number of nitrogens with zero attached hydrogens (tertiary/aromatic N) is 2. The molecule has 1 aliphatic rings. The van der Waals surface area contributed by atoms with E-state index in [4.69, 9.17) is 14.2 Å². The maximum absolute atomic E-state index is 14.3. The Kier molecular flexibility index (Phi) is 11.9. The number of benzene rings is 3. The van der Waals surface area contributed by atoms with Crippen molar-refractivity contribution in [2.45, 2.75) is 76.4 Å². The number of hydrogen-bond donors (Lipinski definition) is 1. The van der Waals surface area contributed by atoms with Gasteiger partial charge < -0.3 is 24.4 Å².